The molecule has 0 bridgehead atoms. The molecule has 1 aliphatic rings. The lowest BCUT2D eigenvalue weighted by molar-refractivity contribution is 0.193. The molecule has 0 spiro atoms. The van der Waals surface area contributed by atoms with Crippen LogP contribution >= 0.6 is 0 Å². The monoisotopic (exact) mass is 352 g/mol. The van der Waals surface area contributed by atoms with E-state index in [1.54, 1.807) is 14.2 Å². The first kappa shape index (κ1) is 16.8. The van der Waals surface area contributed by atoms with E-state index in [1.807, 2.05) is 30.3 Å². The van der Waals surface area contributed by atoms with E-state index in [-0.39, 0.29) is 0 Å². The van der Waals surface area contributed by atoms with Crippen molar-refractivity contribution < 1.29 is 14.2 Å². The van der Waals surface area contributed by atoms with E-state index < -0.39 is 0 Å². The Morgan fingerprint density at radius 1 is 1.04 bits per heavy atom. The summed E-state index contributed by atoms with van der Waals surface area (Å²) in [7, 11) is 3.38. The van der Waals surface area contributed by atoms with Crippen molar-refractivity contribution in [3.8, 4) is 17.2 Å². The first-order valence-corrected chi connectivity index (χ1v) is 8.94. The van der Waals surface area contributed by atoms with Crippen LogP contribution in [0.25, 0.3) is 10.9 Å². The second-order valence-corrected chi connectivity index (χ2v) is 6.52. The van der Waals surface area contributed by atoms with Gasteiger partial charge in [0.1, 0.15) is 12.4 Å². The first-order chi connectivity index (χ1) is 12.8. The standard InChI is InChI=1S/C21H24N2O3/c1-24-15-7-8-18-16(13-15)17-14-23(10-9-19(17)22-18)11-12-26-21-6-4-3-5-20(21)25-2/h3-8,13,22H,9-12,14H2,1-2H3. The van der Waals surface area contributed by atoms with Crippen LogP contribution in [0.5, 0.6) is 17.2 Å². The third-order valence-electron chi connectivity index (χ3n) is 5.00. The summed E-state index contributed by atoms with van der Waals surface area (Å²) in [5, 5.41) is 1.26. The number of nitrogens with one attached hydrogen (secondary N) is 1. The van der Waals surface area contributed by atoms with Crippen LogP contribution in [0.3, 0.4) is 0 Å². The van der Waals surface area contributed by atoms with E-state index in [0.717, 1.165) is 43.3 Å². The van der Waals surface area contributed by atoms with Crippen LogP contribution in [0, 0.1) is 0 Å². The molecular formula is C21H24N2O3. The number of benzene rings is 2. The smallest absolute Gasteiger partial charge is 0.161 e. The summed E-state index contributed by atoms with van der Waals surface area (Å²) in [4.78, 5) is 5.99. The molecule has 136 valence electrons. The quantitative estimate of drug-likeness (QED) is 0.736. The maximum Gasteiger partial charge on any atom is 0.161 e. The van der Waals surface area contributed by atoms with E-state index >= 15 is 0 Å². The van der Waals surface area contributed by atoms with Crippen molar-refractivity contribution in [2.24, 2.45) is 0 Å². The van der Waals surface area contributed by atoms with Crippen LogP contribution in [0.1, 0.15) is 11.3 Å². The Balaban J connectivity index is 1.43. The molecule has 4 rings (SSSR count). The van der Waals surface area contributed by atoms with E-state index in [0.29, 0.717) is 6.61 Å². The summed E-state index contributed by atoms with van der Waals surface area (Å²) in [5.41, 5.74) is 3.90. The summed E-state index contributed by atoms with van der Waals surface area (Å²) in [6, 6.07) is 14.0. The molecule has 5 heteroatoms. The lowest BCUT2D eigenvalue weighted by Crippen LogP contribution is -2.33. The van der Waals surface area contributed by atoms with Crippen molar-refractivity contribution in [3.63, 3.8) is 0 Å². The van der Waals surface area contributed by atoms with Gasteiger partial charge >= 0.3 is 0 Å². The molecule has 0 amide bonds. The minimum absolute atomic E-state index is 0.640. The highest BCUT2D eigenvalue weighted by Crippen LogP contribution is 2.30. The number of H-pyrrole nitrogens is 1. The van der Waals surface area contributed by atoms with Gasteiger partial charge in [0.15, 0.2) is 11.5 Å². The minimum atomic E-state index is 0.640. The summed E-state index contributed by atoms with van der Waals surface area (Å²) in [5.74, 6) is 2.47. The van der Waals surface area contributed by atoms with Gasteiger partial charge in [-0.2, -0.15) is 0 Å². The lowest BCUT2D eigenvalue weighted by atomic mass is 10.0. The number of fused-ring (bicyclic) bond motifs is 3. The minimum Gasteiger partial charge on any atom is -0.497 e. The van der Waals surface area contributed by atoms with Crippen LogP contribution < -0.4 is 14.2 Å². The fourth-order valence-corrected chi connectivity index (χ4v) is 3.59. The SMILES string of the molecule is COc1ccc2[nH]c3c(c2c1)CN(CCOc1ccccc1OC)CC3. The second kappa shape index (κ2) is 7.30. The molecule has 0 aliphatic carbocycles. The molecule has 0 fully saturated rings. The largest absolute Gasteiger partial charge is 0.497 e. The summed E-state index contributed by atoms with van der Waals surface area (Å²) >= 11 is 0. The number of aromatic nitrogens is 1. The lowest BCUT2D eigenvalue weighted by Gasteiger charge is -2.27. The molecule has 2 aromatic carbocycles. The highest BCUT2D eigenvalue weighted by Gasteiger charge is 2.21. The van der Waals surface area contributed by atoms with Crippen molar-refractivity contribution in [2.75, 3.05) is 33.9 Å². The number of rotatable bonds is 6. The molecule has 1 aliphatic heterocycles. The van der Waals surface area contributed by atoms with Crippen molar-refractivity contribution >= 4 is 10.9 Å². The zero-order valence-electron chi connectivity index (χ0n) is 15.2. The van der Waals surface area contributed by atoms with Crippen molar-refractivity contribution in [1.29, 1.82) is 0 Å². The Labute approximate surface area is 153 Å². The van der Waals surface area contributed by atoms with Gasteiger partial charge < -0.3 is 19.2 Å². The fourth-order valence-electron chi connectivity index (χ4n) is 3.59. The number of methoxy groups -OCH3 is 2. The van der Waals surface area contributed by atoms with Crippen molar-refractivity contribution in [1.82, 2.24) is 9.88 Å². The highest BCUT2D eigenvalue weighted by atomic mass is 16.5. The van der Waals surface area contributed by atoms with Gasteiger partial charge in [-0.3, -0.25) is 4.90 Å². The molecule has 0 radical (unpaired) electrons. The number of para-hydroxylation sites is 2. The van der Waals surface area contributed by atoms with Gasteiger partial charge in [-0.25, -0.2) is 0 Å². The molecule has 26 heavy (non-hydrogen) atoms. The molecule has 3 aromatic rings. The maximum absolute atomic E-state index is 5.93. The Morgan fingerprint density at radius 2 is 1.88 bits per heavy atom. The van der Waals surface area contributed by atoms with Gasteiger partial charge in [-0.05, 0) is 35.9 Å². The number of aromatic amines is 1. The predicted molar refractivity (Wildman–Crippen MR) is 102 cm³/mol. The van der Waals surface area contributed by atoms with E-state index in [4.69, 9.17) is 14.2 Å². The Bertz CT molecular complexity index is 903. The predicted octanol–water partition coefficient (Wildman–Crippen LogP) is 3.62. The average molecular weight is 352 g/mol. The molecule has 0 saturated heterocycles. The van der Waals surface area contributed by atoms with Crippen LogP contribution in [-0.4, -0.2) is 43.8 Å². The zero-order valence-corrected chi connectivity index (χ0v) is 15.2. The molecule has 0 atom stereocenters. The van der Waals surface area contributed by atoms with Crippen LogP contribution in [0.2, 0.25) is 0 Å². The van der Waals surface area contributed by atoms with E-state index in [1.165, 1.54) is 22.2 Å². The van der Waals surface area contributed by atoms with Gasteiger partial charge in [0.2, 0.25) is 0 Å². The Hall–Kier alpha value is -2.66. The molecule has 0 saturated carbocycles. The summed E-state index contributed by atoms with van der Waals surface area (Å²) < 4.78 is 16.7. The normalized spacial score (nSPS) is 14.2. The van der Waals surface area contributed by atoms with E-state index in [2.05, 4.69) is 22.0 Å². The highest BCUT2D eigenvalue weighted by molar-refractivity contribution is 5.86. The van der Waals surface area contributed by atoms with Gasteiger partial charge in [-0.15, -0.1) is 0 Å². The molecule has 5 nitrogen and oxygen atoms in total. The Kier molecular flexibility index (Phi) is 4.71. The average Bonchev–Trinajstić information content (AvgIpc) is 3.05. The summed E-state index contributed by atoms with van der Waals surface area (Å²) in [6.45, 7) is 3.49. The molecule has 1 N–H and O–H groups in total. The number of ether oxygens (including phenoxy) is 3. The molecule has 2 heterocycles. The molecule has 0 unspecified atom stereocenters. The Morgan fingerprint density at radius 3 is 2.69 bits per heavy atom. The molecule has 1 aromatic heterocycles. The van der Waals surface area contributed by atoms with Gasteiger partial charge in [0.25, 0.3) is 0 Å². The van der Waals surface area contributed by atoms with Crippen LogP contribution in [0.15, 0.2) is 42.5 Å². The maximum atomic E-state index is 5.93. The molecular weight excluding hydrogens is 328 g/mol. The number of nitrogens with zero attached hydrogens (tertiary/aromatic N) is 1. The van der Waals surface area contributed by atoms with E-state index in [9.17, 15) is 0 Å². The van der Waals surface area contributed by atoms with Crippen molar-refractivity contribution in [2.45, 2.75) is 13.0 Å². The second-order valence-electron chi connectivity index (χ2n) is 6.52. The third-order valence-corrected chi connectivity index (χ3v) is 5.00. The van der Waals surface area contributed by atoms with Gasteiger partial charge in [0, 0.05) is 42.7 Å². The van der Waals surface area contributed by atoms with Gasteiger partial charge in [0.05, 0.1) is 14.2 Å². The van der Waals surface area contributed by atoms with Crippen molar-refractivity contribution in [3.05, 3.63) is 53.7 Å². The van der Waals surface area contributed by atoms with Crippen LogP contribution in [-0.2, 0) is 13.0 Å². The first-order valence-electron chi connectivity index (χ1n) is 8.94. The number of hydrogen-bond acceptors (Lipinski definition) is 4. The van der Waals surface area contributed by atoms with Gasteiger partial charge in [-0.1, -0.05) is 12.1 Å². The third kappa shape index (κ3) is 3.22. The topological polar surface area (TPSA) is 46.7 Å². The van der Waals surface area contributed by atoms with Crippen LogP contribution in [0.4, 0.5) is 0 Å². The fraction of sp³-hybridized carbons (Fsp3) is 0.333. The number of hydrogen-bond donors (Lipinski definition) is 1. The zero-order chi connectivity index (χ0) is 17.9. The summed E-state index contributed by atoms with van der Waals surface area (Å²) in [6.07, 6.45) is 1.03.